The number of nitrogen functional groups attached to an aromatic ring is 1. The standard InChI is InChI=1S/C17H15ClFN5OS/c1-10(16(25)21-14-8-3-2-7-13(14)19)26-17-23-22-15(24(17)20)11-5-4-6-12(18)9-11/h2-10H,20H2,1H3,(H,21,25)/t10-/m0/s1. The van der Waals surface area contributed by atoms with Crippen LogP contribution in [-0.4, -0.2) is 26.0 Å². The van der Waals surface area contributed by atoms with Gasteiger partial charge in [-0.05, 0) is 31.2 Å². The predicted octanol–water partition coefficient (Wildman–Crippen LogP) is 3.57. The number of anilines is 1. The molecule has 134 valence electrons. The zero-order valence-electron chi connectivity index (χ0n) is 13.7. The van der Waals surface area contributed by atoms with E-state index in [0.29, 0.717) is 21.6 Å². The summed E-state index contributed by atoms with van der Waals surface area (Å²) in [5.41, 5.74) is 0.835. The Hall–Kier alpha value is -2.58. The van der Waals surface area contributed by atoms with Crippen LogP contribution in [0.25, 0.3) is 11.4 Å². The summed E-state index contributed by atoms with van der Waals surface area (Å²) < 4.78 is 14.9. The Kier molecular flexibility index (Phi) is 5.43. The normalized spacial score (nSPS) is 12.0. The lowest BCUT2D eigenvalue weighted by atomic mass is 10.2. The van der Waals surface area contributed by atoms with Gasteiger partial charge in [-0.2, -0.15) is 0 Å². The van der Waals surface area contributed by atoms with Crippen LogP contribution in [0, 0.1) is 5.82 Å². The van der Waals surface area contributed by atoms with Gasteiger partial charge in [0.2, 0.25) is 11.1 Å². The first-order chi connectivity index (χ1) is 12.5. The number of thioether (sulfide) groups is 1. The molecular weight excluding hydrogens is 377 g/mol. The van der Waals surface area contributed by atoms with Crippen molar-refractivity contribution >= 4 is 35.0 Å². The fourth-order valence-corrected chi connectivity index (χ4v) is 3.15. The molecule has 1 amide bonds. The van der Waals surface area contributed by atoms with Crippen LogP contribution in [0.15, 0.2) is 53.7 Å². The second-order valence-corrected chi connectivity index (χ2v) is 7.16. The number of carbonyl (C=O) groups is 1. The summed E-state index contributed by atoms with van der Waals surface area (Å²) in [5.74, 6) is 5.61. The maximum Gasteiger partial charge on any atom is 0.237 e. The van der Waals surface area contributed by atoms with Gasteiger partial charge in [-0.15, -0.1) is 10.2 Å². The summed E-state index contributed by atoms with van der Waals surface area (Å²) in [5, 5.41) is 11.0. The molecule has 1 atom stereocenters. The first-order valence-electron chi connectivity index (χ1n) is 7.64. The average Bonchev–Trinajstić information content (AvgIpc) is 2.97. The van der Waals surface area contributed by atoms with Gasteiger partial charge < -0.3 is 11.2 Å². The highest BCUT2D eigenvalue weighted by Crippen LogP contribution is 2.26. The van der Waals surface area contributed by atoms with E-state index in [0.717, 1.165) is 11.8 Å². The minimum Gasteiger partial charge on any atom is -0.335 e. The van der Waals surface area contributed by atoms with E-state index in [1.54, 1.807) is 37.3 Å². The molecule has 1 heterocycles. The van der Waals surface area contributed by atoms with Crippen molar-refractivity contribution in [3.8, 4) is 11.4 Å². The van der Waals surface area contributed by atoms with Gasteiger partial charge in [0.1, 0.15) is 5.82 Å². The van der Waals surface area contributed by atoms with Crippen molar-refractivity contribution in [1.82, 2.24) is 14.9 Å². The van der Waals surface area contributed by atoms with Gasteiger partial charge in [0.25, 0.3) is 0 Å². The van der Waals surface area contributed by atoms with Crippen LogP contribution in [0.2, 0.25) is 5.02 Å². The maximum absolute atomic E-state index is 13.6. The number of para-hydroxylation sites is 1. The van der Waals surface area contributed by atoms with Gasteiger partial charge in [-0.3, -0.25) is 4.79 Å². The van der Waals surface area contributed by atoms with Gasteiger partial charge >= 0.3 is 0 Å². The lowest BCUT2D eigenvalue weighted by Crippen LogP contribution is -2.24. The van der Waals surface area contributed by atoms with E-state index >= 15 is 0 Å². The third-order valence-corrected chi connectivity index (χ3v) is 4.82. The summed E-state index contributed by atoms with van der Waals surface area (Å²) in [6.07, 6.45) is 0. The Labute approximate surface area is 158 Å². The Morgan fingerprint density at radius 1 is 1.27 bits per heavy atom. The molecule has 3 N–H and O–H groups in total. The number of hydrogen-bond donors (Lipinski definition) is 2. The SMILES string of the molecule is C[C@H](Sc1nnc(-c2cccc(Cl)c2)n1N)C(=O)Nc1ccccc1F. The number of benzene rings is 2. The second kappa shape index (κ2) is 7.76. The minimum absolute atomic E-state index is 0.124. The number of carbonyl (C=O) groups excluding carboxylic acids is 1. The van der Waals surface area contributed by atoms with E-state index in [1.807, 2.05) is 6.07 Å². The van der Waals surface area contributed by atoms with Crippen molar-refractivity contribution in [3.05, 3.63) is 59.4 Å². The van der Waals surface area contributed by atoms with Crippen molar-refractivity contribution in [3.63, 3.8) is 0 Å². The number of halogens is 2. The smallest absolute Gasteiger partial charge is 0.237 e. The molecule has 3 rings (SSSR count). The first-order valence-corrected chi connectivity index (χ1v) is 8.90. The molecule has 3 aromatic rings. The van der Waals surface area contributed by atoms with Gasteiger partial charge in [-0.1, -0.05) is 47.6 Å². The monoisotopic (exact) mass is 391 g/mol. The van der Waals surface area contributed by atoms with Gasteiger partial charge in [-0.25, -0.2) is 9.07 Å². The lowest BCUT2D eigenvalue weighted by Gasteiger charge is -2.12. The third kappa shape index (κ3) is 3.97. The molecule has 6 nitrogen and oxygen atoms in total. The number of nitrogens with zero attached hydrogens (tertiary/aromatic N) is 3. The maximum atomic E-state index is 13.6. The Morgan fingerprint density at radius 3 is 2.77 bits per heavy atom. The van der Waals surface area contributed by atoms with E-state index in [9.17, 15) is 9.18 Å². The average molecular weight is 392 g/mol. The van der Waals surface area contributed by atoms with Gasteiger partial charge in [0.05, 0.1) is 10.9 Å². The quantitative estimate of drug-likeness (QED) is 0.513. The fourth-order valence-electron chi connectivity index (χ4n) is 2.19. The van der Waals surface area contributed by atoms with Crippen LogP contribution in [0.3, 0.4) is 0 Å². The summed E-state index contributed by atoms with van der Waals surface area (Å²) in [6.45, 7) is 1.68. The first kappa shape index (κ1) is 18.2. The van der Waals surface area contributed by atoms with Crippen LogP contribution in [0.1, 0.15) is 6.92 Å². The molecule has 0 unspecified atom stereocenters. The topological polar surface area (TPSA) is 85.8 Å². The van der Waals surface area contributed by atoms with Crippen molar-refractivity contribution in [1.29, 1.82) is 0 Å². The lowest BCUT2D eigenvalue weighted by molar-refractivity contribution is -0.115. The molecule has 0 saturated heterocycles. The van der Waals surface area contributed by atoms with Gasteiger partial charge in [0.15, 0.2) is 5.82 Å². The van der Waals surface area contributed by atoms with Crippen molar-refractivity contribution in [2.24, 2.45) is 0 Å². The third-order valence-electron chi connectivity index (χ3n) is 3.53. The highest BCUT2D eigenvalue weighted by Gasteiger charge is 2.20. The minimum atomic E-state index is -0.562. The fraction of sp³-hybridized carbons (Fsp3) is 0.118. The highest BCUT2D eigenvalue weighted by molar-refractivity contribution is 8.00. The second-order valence-electron chi connectivity index (χ2n) is 5.42. The summed E-state index contributed by atoms with van der Waals surface area (Å²) in [7, 11) is 0. The molecule has 9 heteroatoms. The molecule has 0 saturated carbocycles. The number of hydrogen-bond acceptors (Lipinski definition) is 5. The zero-order valence-corrected chi connectivity index (χ0v) is 15.3. The molecule has 0 aliphatic carbocycles. The Bertz CT molecular complexity index is 948. The van der Waals surface area contributed by atoms with Crippen LogP contribution < -0.4 is 11.2 Å². The summed E-state index contributed by atoms with van der Waals surface area (Å²) >= 11 is 7.10. The number of nitrogens with one attached hydrogen (secondary N) is 1. The molecule has 2 aromatic carbocycles. The number of nitrogens with two attached hydrogens (primary N) is 1. The number of rotatable bonds is 5. The van der Waals surface area contributed by atoms with Crippen molar-refractivity contribution in [2.75, 3.05) is 11.2 Å². The molecule has 0 fully saturated rings. The highest BCUT2D eigenvalue weighted by atomic mass is 35.5. The van der Waals surface area contributed by atoms with E-state index in [1.165, 1.54) is 16.8 Å². The van der Waals surface area contributed by atoms with E-state index in [2.05, 4.69) is 15.5 Å². The molecule has 0 aliphatic rings. The Balaban J connectivity index is 1.73. The molecule has 0 bridgehead atoms. The van der Waals surface area contributed by atoms with Gasteiger partial charge in [0, 0.05) is 10.6 Å². The van der Waals surface area contributed by atoms with Crippen LogP contribution in [0.5, 0.6) is 0 Å². The zero-order chi connectivity index (χ0) is 18.7. The molecule has 1 aromatic heterocycles. The van der Waals surface area contributed by atoms with E-state index < -0.39 is 11.1 Å². The molecule has 26 heavy (non-hydrogen) atoms. The molecule has 0 spiro atoms. The Morgan fingerprint density at radius 2 is 2.04 bits per heavy atom. The number of aromatic nitrogens is 3. The summed E-state index contributed by atoms with van der Waals surface area (Å²) in [4.78, 5) is 12.3. The molecular formula is C17H15ClFN5OS. The van der Waals surface area contributed by atoms with E-state index in [4.69, 9.17) is 17.4 Å². The van der Waals surface area contributed by atoms with Crippen LogP contribution in [0.4, 0.5) is 10.1 Å². The van der Waals surface area contributed by atoms with Crippen LogP contribution in [-0.2, 0) is 4.79 Å². The van der Waals surface area contributed by atoms with Crippen molar-refractivity contribution < 1.29 is 9.18 Å². The van der Waals surface area contributed by atoms with E-state index in [-0.39, 0.29) is 11.6 Å². The van der Waals surface area contributed by atoms with Crippen LogP contribution >= 0.6 is 23.4 Å². The largest absolute Gasteiger partial charge is 0.335 e. The molecule has 0 radical (unpaired) electrons. The predicted molar refractivity (Wildman–Crippen MR) is 101 cm³/mol. The van der Waals surface area contributed by atoms with Crippen molar-refractivity contribution in [2.45, 2.75) is 17.3 Å². The summed E-state index contributed by atoms with van der Waals surface area (Å²) in [6, 6.07) is 13.0. The number of amides is 1. The molecule has 0 aliphatic heterocycles.